The molecule has 0 spiro atoms. The van der Waals surface area contributed by atoms with Crippen LogP contribution in [0.15, 0.2) is 24.3 Å². The van der Waals surface area contributed by atoms with Gasteiger partial charge in [0.1, 0.15) is 0 Å². The van der Waals surface area contributed by atoms with Gasteiger partial charge >= 0.3 is 5.97 Å². The maximum atomic E-state index is 12.5. The van der Waals surface area contributed by atoms with Crippen LogP contribution in [0.1, 0.15) is 328 Å². The highest BCUT2D eigenvalue weighted by Crippen LogP contribution is 2.17. The molecule has 0 aliphatic rings. The second-order valence-corrected chi connectivity index (χ2v) is 20.7. The first kappa shape index (κ1) is 65.3. The van der Waals surface area contributed by atoms with Gasteiger partial charge in [-0.15, -0.1) is 0 Å². The lowest BCUT2D eigenvalue weighted by Crippen LogP contribution is -2.45. The van der Waals surface area contributed by atoms with Gasteiger partial charge in [0.15, 0.2) is 0 Å². The number of rotatable bonds is 56. The number of ether oxygens (including phenoxy) is 1. The number of esters is 1. The Morgan fingerprint density at radius 1 is 0.403 bits per heavy atom. The van der Waals surface area contributed by atoms with Crippen LogP contribution in [0.5, 0.6) is 0 Å². The maximum absolute atomic E-state index is 12.5. The normalized spacial score (nSPS) is 12.7. The van der Waals surface area contributed by atoms with Crippen molar-refractivity contribution in [2.45, 2.75) is 341 Å². The number of aliphatic hydroxyl groups excluding tert-OH is 2. The number of hydrogen-bond acceptors (Lipinski definition) is 5. The summed E-state index contributed by atoms with van der Waals surface area (Å²) in [5, 5.41) is 23.1. The lowest BCUT2D eigenvalue weighted by molar-refractivity contribution is -0.143. The van der Waals surface area contributed by atoms with E-state index < -0.39 is 12.1 Å². The van der Waals surface area contributed by atoms with Gasteiger partial charge < -0.3 is 20.3 Å². The summed E-state index contributed by atoms with van der Waals surface area (Å²) in [6, 6.07) is -0.666. The van der Waals surface area contributed by atoms with Crippen molar-refractivity contribution in [2.24, 2.45) is 0 Å². The van der Waals surface area contributed by atoms with E-state index in [1.807, 2.05) is 6.08 Å². The zero-order chi connectivity index (χ0) is 48.6. The molecule has 0 heterocycles. The molecular formula is C61H117NO5. The number of aliphatic hydroxyl groups is 2. The lowest BCUT2D eigenvalue weighted by atomic mass is 10.0. The number of carbonyl (C=O) groups is 2. The summed E-state index contributed by atoms with van der Waals surface area (Å²) < 4.78 is 5.46. The Morgan fingerprint density at radius 2 is 0.716 bits per heavy atom. The van der Waals surface area contributed by atoms with Gasteiger partial charge in [-0.3, -0.25) is 9.59 Å². The van der Waals surface area contributed by atoms with E-state index >= 15 is 0 Å². The molecule has 1 amide bonds. The van der Waals surface area contributed by atoms with E-state index in [4.69, 9.17) is 4.74 Å². The van der Waals surface area contributed by atoms with E-state index in [-0.39, 0.29) is 18.5 Å². The number of carbonyl (C=O) groups excluding carboxylic acids is 2. The minimum Gasteiger partial charge on any atom is -0.466 e. The summed E-state index contributed by atoms with van der Waals surface area (Å²) >= 11 is 0. The van der Waals surface area contributed by atoms with Crippen LogP contribution in [0.25, 0.3) is 0 Å². The molecule has 0 aliphatic heterocycles. The zero-order valence-corrected chi connectivity index (χ0v) is 45.1. The highest BCUT2D eigenvalue weighted by atomic mass is 16.5. The molecule has 2 atom stereocenters. The van der Waals surface area contributed by atoms with Crippen molar-refractivity contribution in [3.8, 4) is 0 Å². The minimum atomic E-state index is -0.876. The molecule has 0 fully saturated rings. The molecule has 0 radical (unpaired) electrons. The lowest BCUT2D eigenvalue weighted by Gasteiger charge is -2.19. The molecule has 0 bridgehead atoms. The average molecular weight is 945 g/mol. The van der Waals surface area contributed by atoms with E-state index in [1.165, 1.54) is 231 Å². The Balaban J connectivity index is 3.53. The molecule has 0 saturated carbocycles. The van der Waals surface area contributed by atoms with Crippen LogP contribution in [0.3, 0.4) is 0 Å². The molecule has 0 aromatic rings. The molecule has 0 rings (SSSR count). The SMILES string of the molecule is CCCCCCCCCCCCCCCCCCCCCCCC/C=C/C(O)C(CO)NC(=O)CCC/C=C\CCCCCCOC(=O)CCCCCCCCCCCCCCCCCCC. The van der Waals surface area contributed by atoms with Crippen LogP contribution in [-0.4, -0.2) is 47.4 Å². The fourth-order valence-corrected chi connectivity index (χ4v) is 9.35. The third-order valence-electron chi connectivity index (χ3n) is 14.0. The third kappa shape index (κ3) is 53.5. The largest absolute Gasteiger partial charge is 0.466 e. The van der Waals surface area contributed by atoms with Crippen LogP contribution >= 0.6 is 0 Å². The predicted octanol–water partition coefficient (Wildman–Crippen LogP) is 18.6. The molecule has 2 unspecified atom stereocenters. The van der Waals surface area contributed by atoms with Gasteiger partial charge in [-0.1, -0.05) is 289 Å². The van der Waals surface area contributed by atoms with Gasteiger partial charge in [-0.25, -0.2) is 0 Å². The van der Waals surface area contributed by atoms with E-state index in [0.29, 0.717) is 19.4 Å². The van der Waals surface area contributed by atoms with Gasteiger partial charge in [-0.2, -0.15) is 0 Å². The fourth-order valence-electron chi connectivity index (χ4n) is 9.35. The van der Waals surface area contributed by atoms with Crippen molar-refractivity contribution in [1.29, 1.82) is 0 Å². The number of amides is 1. The zero-order valence-electron chi connectivity index (χ0n) is 45.1. The van der Waals surface area contributed by atoms with Crippen molar-refractivity contribution in [2.75, 3.05) is 13.2 Å². The van der Waals surface area contributed by atoms with E-state index in [0.717, 1.165) is 70.6 Å². The van der Waals surface area contributed by atoms with Crippen LogP contribution in [0.2, 0.25) is 0 Å². The highest BCUT2D eigenvalue weighted by molar-refractivity contribution is 5.76. The molecular weight excluding hydrogens is 827 g/mol. The number of nitrogens with one attached hydrogen (secondary N) is 1. The van der Waals surface area contributed by atoms with Crippen molar-refractivity contribution in [3.63, 3.8) is 0 Å². The van der Waals surface area contributed by atoms with Crippen molar-refractivity contribution in [3.05, 3.63) is 24.3 Å². The standard InChI is InChI=1S/C61H117NO5/c1-3-5-7-9-11-13-15-17-19-21-22-23-24-25-26-27-29-30-32-34-37-41-45-49-53-59(64)58(57-63)62-60(65)54-50-46-42-38-36-40-44-48-52-56-67-61(66)55-51-47-43-39-35-33-31-28-20-18-16-14-12-10-8-6-4-2/h38,42,49,53,58-59,63-64H,3-37,39-41,43-48,50-52,54-57H2,1-2H3,(H,62,65)/b42-38-,53-49+. The average Bonchev–Trinajstić information content (AvgIpc) is 3.33. The number of allylic oxidation sites excluding steroid dienone is 3. The fraction of sp³-hybridized carbons (Fsp3) is 0.902. The summed E-state index contributed by atoms with van der Waals surface area (Å²) in [6.07, 6.45) is 69.3. The van der Waals surface area contributed by atoms with E-state index in [2.05, 4.69) is 31.3 Å². The second kappa shape index (κ2) is 56.9. The molecule has 0 aliphatic carbocycles. The maximum Gasteiger partial charge on any atom is 0.305 e. The Labute approximate surface area is 418 Å². The summed E-state index contributed by atoms with van der Waals surface area (Å²) in [7, 11) is 0. The van der Waals surface area contributed by atoms with Crippen LogP contribution < -0.4 is 5.32 Å². The van der Waals surface area contributed by atoms with Crippen molar-refractivity contribution < 1.29 is 24.5 Å². The molecule has 0 saturated heterocycles. The molecule has 67 heavy (non-hydrogen) atoms. The van der Waals surface area contributed by atoms with Crippen LogP contribution in [0.4, 0.5) is 0 Å². The van der Waals surface area contributed by atoms with E-state index in [9.17, 15) is 19.8 Å². The first-order chi connectivity index (χ1) is 33.0. The van der Waals surface area contributed by atoms with Gasteiger partial charge in [0, 0.05) is 12.8 Å². The first-order valence-electron chi connectivity index (χ1n) is 30.1. The molecule has 6 heteroatoms. The quantitative estimate of drug-likeness (QED) is 0.0321. The Bertz CT molecular complexity index is 1040. The topological polar surface area (TPSA) is 95.9 Å². The summed E-state index contributed by atoms with van der Waals surface area (Å²) in [4.78, 5) is 24.5. The third-order valence-corrected chi connectivity index (χ3v) is 14.0. The summed E-state index contributed by atoms with van der Waals surface area (Å²) in [6.45, 7) is 4.84. The number of unbranched alkanes of at least 4 members (excludes halogenated alkanes) is 43. The summed E-state index contributed by atoms with van der Waals surface area (Å²) in [5.41, 5.74) is 0. The monoisotopic (exact) mass is 944 g/mol. The molecule has 0 aromatic heterocycles. The summed E-state index contributed by atoms with van der Waals surface area (Å²) in [5.74, 6) is -0.158. The smallest absolute Gasteiger partial charge is 0.305 e. The van der Waals surface area contributed by atoms with Gasteiger partial charge in [-0.05, 0) is 51.4 Å². The van der Waals surface area contributed by atoms with Crippen LogP contribution in [0, 0.1) is 0 Å². The van der Waals surface area contributed by atoms with Gasteiger partial charge in [0.05, 0.1) is 25.4 Å². The Kier molecular flexibility index (Phi) is 55.5. The van der Waals surface area contributed by atoms with Crippen molar-refractivity contribution in [1.82, 2.24) is 5.32 Å². The minimum absolute atomic E-state index is 0.0332. The van der Waals surface area contributed by atoms with Gasteiger partial charge in [0.2, 0.25) is 5.91 Å². The first-order valence-corrected chi connectivity index (χ1v) is 30.1. The molecule has 396 valence electrons. The molecule has 0 aromatic carbocycles. The predicted molar refractivity (Wildman–Crippen MR) is 292 cm³/mol. The molecule has 3 N–H and O–H groups in total. The van der Waals surface area contributed by atoms with Gasteiger partial charge in [0.25, 0.3) is 0 Å². The Morgan fingerprint density at radius 3 is 1.09 bits per heavy atom. The second-order valence-electron chi connectivity index (χ2n) is 20.7. The Hall–Kier alpha value is -1.66. The molecule has 6 nitrogen and oxygen atoms in total. The number of hydrogen-bond donors (Lipinski definition) is 3. The van der Waals surface area contributed by atoms with E-state index in [1.54, 1.807) is 6.08 Å². The van der Waals surface area contributed by atoms with Crippen molar-refractivity contribution >= 4 is 11.9 Å². The van der Waals surface area contributed by atoms with Crippen LogP contribution in [-0.2, 0) is 14.3 Å². The highest BCUT2D eigenvalue weighted by Gasteiger charge is 2.18.